The van der Waals surface area contributed by atoms with E-state index in [2.05, 4.69) is 50.5 Å². The molecule has 0 N–H and O–H groups in total. The largest absolute Gasteiger partial charge is 0.287 e. The van der Waals surface area contributed by atoms with Crippen LogP contribution in [0.3, 0.4) is 0 Å². The van der Waals surface area contributed by atoms with Crippen LogP contribution in [0.4, 0.5) is 0 Å². The van der Waals surface area contributed by atoms with Crippen LogP contribution >= 0.6 is 0 Å². The molecule has 1 rings (SSSR count). The lowest BCUT2D eigenvalue weighted by atomic mass is 10.1. The van der Waals surface area contributed by atoms with E-state index < -0.39 is 0 Å². The highest BCUT2D eigenvalue weighted by atomic mass is 15.2. The van der Waals surface area contributed by atoms with Gasteiger partial charge in [0.05, 0.1) is 18.2 Å². The van der Waals surface area contributed by atoms with Crippen LogP contribution in [0.2, 0.25) is 0 Å². The van der Waals surface area contributed by atoms with Crippen LogP contribution in [-0.4, -0.2) is 23.5 Å². The first kappa shape index (κ1) is 14.3. The molecule has 1 aromatic carbocycles. The fourth-order valence-electron chi connectivity index (χ4n) is 1.82. The maximum absolute atomic E-state index is 8.71. The lowest BCUT2D eigenvalue weighted by Crippen LogP contribution is -2.37. The molecule has 0 fully saturated rings. The maximum atomic E-state index is 8.71. The first-order chi connectivity index (χ1) is 8.54. The van der Waals surface area contributed by atoms with Gasteiger partial charge in [-0.15, -0.1) is 0 Å². The average molecular weight is 240 g/mol. The summed E-state index contributed by atoms with van der Waals surface area (Å²) in [7, 11) is 0. The van der Waals surface area contributed by atoms with Gasteiger partial charge in [0.2, 0.25) is 0 Å². The Bertz CT molecular complexity index is 459. The minimum atomic E-state index is 0.500. The molecule has 0 spiro atoms. The number of nitriles is 1. The smallest absolute Gasteiger partial charge is 0.0991 e. The van der Waals surface area contributed by atoms with E-state index in [9.17, 15) is 0 Å². The predicted octanol–water partition coefficient (Wildman–Crippen LogP) is 3.03. The molecule has 0 atom stereocenters. The standard InChI is InChI=1S/C16H20N2/c1-13(2)18(14(3)4)11-5-6-15-7-9-16(12-17)10-8-15/h7-10,13-14H,11H2,1-4H3. The van der Waals surface area contributed by atoms with E-state index in [0.717, 1.165) is 12.1 Å². The van der Waals surface area contributed by atoms with Crippen LogP contribution in [0.5, 0.6) is 0 Å². The second-order valence-electron chi connectivity index (χ2n) is 4.85. The van der Waals surface area contributed by atoms with Crippen molar-refractivity contribution in [3.63, 3.8) is 0 Å². The van der Waals surface area contributed by atoms with Gasteiger partial charge in [-0.05, 0) is 52.0 Å². The van der Waals surface area contributed by atoms with Gasteiger partial charge in [-0.25, -0.2) is 0 Å². The van der Waals surface area contributed by atoms with Crippen molar-refractivity contribution < 1.29 is 0 Å². The van der Waals surface area contributed by atoms with Gasteiger partial charge in [0.25, 0.3) is 0 Å². The van der Waals surface area contributed by atoms with Crippen molar-refractivity contribution in [2.24, 2.45) is 0 Å². The Hall–Kier alpha value is -1.77. The lowest BCUT2D eigenvalue weighted by molar-refractivity contribution is 0.200. The Morgan fingerprint density at radius 1 is 1.00 bits per heavy atom. The molecule has 0 aliphatic rings. The van der Waals surface area contributed by atoms with E-state index >= 15 is 0 Å². The average Bonchev–Trinajstić information content (AvgIpc) is 2.34. The highest BCUT2D eigenvalue weighted by molar-refractivity contribution is 5.39. The molecule has 0 unspecified atom stereocenters. The van der Waals surface area contributed by atoms with Gasteiger partial charge in [-0.1, -0.05) is 11.8 Å². The topological polar surface area (TPSA) is 27.0 Å². The molecule has 0 saturated carbocycles. The molecule has 0 aromatic heterocycles. The van der Waals surface area contributed by atoms with E-state index in [-0.39, 0.29) is 0 Å². The summed E-state index contributed by atoms with van der Waals surface area (Å²) in [6, 6.07) is 10.5. The van der Waals surface area contributed by atoms with Crippen LogP contribution in [0, 0.1) is 23.2 Å². The van der Waals surface area contributed by atoms with Crippen LogP contribution in [0.15, 0.2) is 24.3 Å². The van der Waals surface area contributed by atoms with Crippen LogP contribution in [-0.2, 0) is 0 Å². The summed E-state index contributed by atoms with van der Waals surface area (Å²) in [4.78, 5) is 2.34. The van der Waals surface area contributed by atoms with Crippen molar-refractivity contribution in [1.29, 1.82) is 5.26 Å². The van der Waals surface area contributed by atoms with Crippen molar-refractivity contribution in [3.8, 4) is 17.9 Å². The fraction of sp³-hybridized carbons (Fsp3) is 0.438. The van der Waals surface area contributed by atoms with E-state index in [1.54, 1.807) is 12.1 Å². The Kier molecular flexibility index (Phi) is 5.43. The summed E-state index contributed by atoms with van der Waals surface area (Å²) in [5.74, 6) is 6.33. The van der Waals surface area contributed by atoms with Gasteiger partial charge in [0.15, 0.2) is 0 Å². The van der Waals surface area contributed by atoms with E-state index in [4.69, 9.17) is 5.26 Å². The zero-order valence-corrected chi connectivity index (χ0v) is 11.6. The highest BCUT2D eigenvalue weighted by Gasteiger charge is 2.10. The molecule has 2 heteroatoms. The van der Waals surface area contributed by atoms with Crippen LogP contribution < -0.4 is 0 Å². The fourth-order valence-corrected chi connectivity index (χ4v) is 1.82. The highest BCUT2D eigenvalue weighted by Crippen LogP contribution is 2.04. The second-order valence-corrected chi connectivity index (χ2v) is 4.85. The lowest BCUT2D eigenvalue weighted by Gasteiger charge is -2.28. The normalized spacial score (nSPS) is 10.3. The molecule has 1 aromatic rings. The molecule has 0 amide bonds. The second kappa shape index (κ2) is 6.84. The monoisotopic (exact) mass is 240 g/mol. The number of benzene rings is 1. The maximum Gasteiger partial charge on any atom is 0.0991 e. The van der Waals surface area contributed by atoms with Crippen molar-refractivity contribution in [2.75, 3.05) is 6.54 Å². The van der Waals surface area contributed by atoms with Gasteiger partial charge in [0.1, 0.15) is 0 Å². The van der Waals surface area contributed by atoms with Gasteiger partial charge in [-0.3, -0.25) is 4.90 Å². The molecule has 94 valence electrons. The van der Waals surface area contributed by atoms with Crippen molar-refractivity contribution in [1.82, 2.24) is 4.90 Å². The van der Waals surface area contributed by atoms with Gasteiger partial charge in [-0.2, -0.15) is 5.26 Å². The van der Waals surface area contributed by atoms with Crippen molar-refractivity contribution in [3.05, 3.63) is 35.4 Å². The molecule has 18 heavy (non-hydrogen) atoms. The number of hydrogen-bond acceptors (Lipinski definition) is 2. The van der Waals surface area contributed by atoms with E-state index in [0.29, 0.717) is 17.6 Å². The molecule has 2 nitrogen and oxygen atoms in total. The summed E-state index contributed by atoms with van der Waals surface area (Å²) in [5.41, 5.74) is 1.63. The van der Waals surface area contributed by atoms with Gasteiger partial charge in [0, 0.05) is 17.6 Å². The Balaban J connectivity index is 2.67. The molecule has 0 radical (unpaired) electrons. The van der Waals surface area contributed by atoms with E-state index in [1.165, 1.54) is 0 Å². The third-order valence-corrected chi connectivity index (χ3v) is 2.83. The van der Waals surface area contributed by atoms with Crippen LogP contribution in [0.25, 0.3) is 0 Å². The molecule has 0 heterocycles. The Morgan fingerprint density at radius 2 is 1.50 bits per heavy atom. The quantitative estimate of drug-likeness (QED) is 0.759. The van der Waals surface area contributed by atoms with Gasteiger partial charge >= 0.3 is 0 Å². The third-order valence-electron chi connectivity index (χ3n) is 2.83. The molecule has 0 saturated heterocycles. The third kappa shape index (κ3) is 4.24. The predicted molar refractivity (Wildman–Crippen MR) is 75.0 cm³/mol. The molecular formula is C16H20N2. The van der Waals surface area contributed by atoms with Crippen molar-refractivity contribution >= 4 is 0 Å². The van der Waals surface area contributed by atoms with E-state index in [1.807, 2.05) is 12.1 Å². The SMILES string of the molecule is CC(C)N(CC#Cc1ccc(C#N)cc1)C(C)C. The molecule has 0 bridgehead atoms. The Labute approximate surface area is 110 Å². The van der Waals surface area contributed by atoms with Gasteiger partial charge < -0.3 is 0 Å². The number of nitrogens with zero attached hydrogens (tertiary/aromatic N) is 2. The zero-order chi connectivity index (χ0) is 13.5. The summed E-state index contributed by atoms with van der Waals surface area (Å²) >= 11 is 0. The summed E-state index contributed by atoms with van der Waals surface area (Å²) in [5, 5.41) is 8.71. The number of hydrogen-bond donors (Lipinski definition) is 0. The summed E-state index contributed by atoms with van der Waals surface area (Å²) in [6.07, 6.45) is 0. The van der Waals surface area contributed by atoms with Crippen LogP contribution in [0.1, 0.15) is 38.8 Å². The molecule has 0 aliphatic carbocycles. The summed E-state index contributed by atoms with van der Waals surface area (Å²) in [6.45, 7) is 9.51. The van der Waals surface area contributed by atoms with Crippen molar-refractivity contribution in [2.45, 2.75) is 39.8 Å². The summed E-state index contributed by atoms with van der Waals surface area (Å²) < 4.78 is 0. The zero-order valence-electron chi connectivity index (χ0n) is 11.6. The first-order valence-corrected chi connectivity index (χ1v) is 6.29. The number of rotatable bonds is 3. The Morgan fingerprint density at radius 3 is 1.94 bits per heavy atom. The first-order valence-electron chi connectivity index (χ1n) is 6.29. The molecular weight excluding hydrogens is 220 g/mol. The minimum Gasteiger partial charge on any atom is -0.287 e. The molecule has 0 aliphatic heterocycles. The minimum absolute atomic E-state index is 0.500.